The van der Waals surface area contributed by atoms with Crippen molar-refractivity contribution in [3.63, 3.8) is 0 Å². The Morgan fingerprint density at radius 1 is 1.42 bits per heavy atom. The molecule has 108 valence electrons. The Kier molecular flexibility index (Phi) is 5.01. The van der Waals surface area contributed by atoms with Gasteiger partial charge in [-0.15, -0.1) is 0 Å². The fraction of sp³-hybridized carbons (Fsp3) is 0.846. The van der Waals surface area contributed by atoms with Crippen LogP contribution >= 0.6 is 0 Å². The highest BCUT2D eigenvalue weighted by Gasteiger charge is 2.27. The average Bonchev–Trinajstić information content (AvgIpc) is 2.82. The first-order valence-electron chi connectivity index (χ1n) is 7.12. The zero-order valence-corrected chi connectivity index (χ0v) is 11.6. The van der Waals surface area contributed by atoms with E-state index in [1.54, 1.807) is 0 Å². The lowest BCUT2D eigenvalue weighted by Crippen LogP contribution is -2.43. The van der Waals surface area contributed by atoms with Crippen molar-refractivity contribution in [2.75, 3.05) is 45.9 Å². The first kappa shape index (κ1) is 14.1. The van der Waals surface area contributed by atoms with Gasteiger partial charge >= 0.3 is 12.0 Å². The van der Waals surface area contributed by atoms with Crippen molar-refractivity contribution in [3.8, 4) is 0 Å². The Morgan fingerprint density at radius 2 is 2.26 bits per heavy atom. The van der Waals surface area contributed by atoms with E-state index in [-0.39, 0.29) is 17.9 Å². The molecule has 0 radical (unpaired) electrons. The zero-order valence-electron chi connectivity index (χ0n) is 11.6. The lowest BCUT2D eigenvalue weighted by molar-refractivity contribution is -0.149. The second-order valence-corrected chi connectivity index (χ2v) is 5.11. The smallest absolute Gasteiger partial charge is 0.317 e. The van der Waals surface area contributed by atoms with Gasteiger partial charge in [-0.3, -0.25) is 4.79 Å². The van der Waals surface area contributed by atoms with Crippen molar-refractivity contribution in [2.24, 2.45) is 5.92 Å². The molecule has 2 aliphatic rings. The Bertz CT molecular complexity index is 335. The summed E-state index contributed by atoms with van der Waals surface area (Å²) in [7, 11) is 0. The molecule has 0 aromatic heterocycles. The topological polar surface area (TPSA) is 61.9 Å². The Balaban J connectivity index is 1.74. The molecule has 1 N–H and O–H groups in total. The van der Waals surface area contributed by atoms with E-state index in [4.69, 9.17) is 4.74 Å². The van der Waals surface area contributed by atoms with E-state index < -0.39 is 0 Å². The zero-order chi connectivity index (χ0) is 13.7. The molecule has 2 rings (SSSR count). The lowest BCUT2D eigenvalue weighted by atomic mass is 9.98. The summed E-state index contributed by atoms with van der Waals surface area (Å²) < 4.78 is 5.08. The predicted molar refractivity (Wildman–Crippen MR) is 70.8 cm³/mol. The summed E-state index contributed by atoms with van der Waals surface area (Å²) in [4.78, 5) is 27.2. The van der Waals surface area contributed by atoms with Gasteiger partial charge < -0.3 is 19.9 Å². The van der Waals surface area contributed by atoms with Crippen LogP contribution < -0.4 is 5.32 Å². The maximum absolute atomic E-state index is 11.7. The molecular weight excluding hydrogens is 246 g/mol. The Morgan fingerprint density at radius 3 is 2.95 bits per heavy atom. The monoisotopic (exact) mass is 269 g/mol. The summed E-state index contributed by atoms with van der Waals surface area (Å²) in [5, 5.41) is 2.80. The van der Waals surface area contributed by atoms with Crippen molar-refractivity contribution < 1.29 is 14.3 Å². The van der Waals surface area contributed by atoms with E-state index in [1.165, 1.54) is 0 Å². The number of carbonyl (C=O) groups is 2. The van der Waals surface area contributed by atoms with E-state index in [9.17, 15) is 9.59 Å². The molecule has 2 aliphatic heterocycles. The SMILES string of the molecule is CCOC(=O)[C@@H]1CCCN(CCN2CCNC2=O)C1. The fourth-order valence-corrected chi connectivity index (χ4v) is 2.70. The lowest BCUT2D eigenvalue weighted by Gasteiger charge is -2.32. The molecule has 0 bridgehead atoms. The van der Waals surface area contributed by atoms with E-state index in [1.807, 2.05) is 11.8 Å². The van der Waals surface area contributed by atoms with Gasteiger partial charge in [0.2, 0.25) is 0 Å². The van der Waals surface area contributed by atoms with Gasteiger partial charge in [0.15, 0.2) is 0 Å². The van der Waals surface area contributed by atoms with Gasteiger partial charge in [0.05, 0.1) is 12.5 Å². The van der Waals surface area contributed by atoms with Crippen molar-refractivity contribution in [1.82, 2.24) is 15.1 Å². The van der Waals surface area contributed by atoms with Crippen LogP contribution in [0.5, 0.6) is 0 Å². The minimum Gasteiger partial charge on any atom is -0.466 e. The molecule has 0 unspecified atom stereocenters. The quantitative estimate of drug-likeness (QED) is 0.729. The summed E-state index contributed by atoms with van der Waals surface area (Å²) in [6, 6.07) is 0.0268. The van der Waals surface area contributed by atoms with Gasteiger partial charge in [0, 0.05) is 32.7 Å². The number of piperidine rings is 1. The summed E-state index contributed by atoms with van der Waals surface area (Å²) in [6.45, 7) is 7.15. The van der Waals surface area contributed by atoms with E-state index in [0.29, 0.717) is 6.61 Å². The number of esters is 1. The third kappa shape index (κ3) is 3.83. The highest BCUT2D eigenvalue weighted by Crippen LogP contribution is 2.17. The van der Waals surface area contributed by atoms with Crippen LogP contribution in [-0.2, 0) is 9.53 Å². The molecule has 0 aliphatic carbocycles. The number of hydrogen-bond donors (Lipinski definition) is 1. The van der Waals surface area contributed by atoms with Crippen LogP contribution in [0, 0.1) is 5.92 Å². The van der Waals surface area contributed by atoms with Crippen LogP contribution in [0.15, 0.2) is 0 Å². The number of ether oxygens (including phenoxy) is 1. The minimum atomic E-state index is -0.0777. The van der Waals surface area contributed by atoms with Crippen LogP contribution in [-0.4, -0.2) is 67.7 Å². The number of nitrogens with zero attached hydrogens (tertiary/aromatic N) is 2. The highest BCUT2D eigenvalue weighted by molar-refractivity contribution is 5.76. The third-order valence-corrected chi connectivity index (χ3v) is 3.76. The van der Waals surface area contributed by atoms with Crippen LogP contribution in [0.4, 0.5) is 4.79 Å². The summed E-state index contributed by atoms with van der Waals surface area (Å²) in [5.41, 5.74) is 0. The number of likely N-dealkylation sites (tertiary alicyclic amines) is 1. The highest BCUT2D eigenvalue weighted by atomic mass is 16.5. The van der Waals surface area contributed by atoms with Gasteiger partial charge in [-0.05, 0) is 26.3 Å². The first-order valence-corrected chi connectivity index (χ1v) is 7.12. The molecule has 19 heavy (non-hydrogen) atoms. The van der Waals surface area contributed by atoms with E-state index in [2.05, 4.69) is 10.2 Å². The van der Waals surface area contributed by atoms with Gasteiger partial charge in [-0.1, -0.05) is 0 Å². The average molecular weight is 269 g/mol. The maximum atomic E-state index is 11.7. The number of hydrogen-bond acceptors (Lipinski definition) is 4. The molecule has 2 fully saturated rings. The van der Waals surface area contributed by atoms with Crippen molar-refractivity contribution in [2.45, 2.75) is 19.8 Å². The van der Waals surface area contributed by atoms with E-state index >= 15 is 0 Å². The number of carbonyl (C=O) groups excluding carboxylic acids is 2. The first-order chi connectivity index (χ1) is 9.20. The summed E-state index contributed by atoms with van der Waals surface area (Å²) in [6.07, 6.45) is 1.94. The minimum absolute atomic E-state index is 0.00102. The van der Waals surface area contributed by atoms with Crippen molar-refractivity contribution >= 4 is 12.0 Å². The molecule has 2 heterocycles. The van der Waals surface area contributed by atoms with Crippen molar-refractivity contribution in [1.29, 1.82) is 0 Å². The summed E-state index contributed by atoms with van der Waals surface area (Å²) in [5.74, 6) is -0.0766. The maximum Gasteiger partial charge on any atom is 0.317 e. The molecule has 6 nitrogen and oxygen atoms in total. The second kappa shape index (κ2) is 6.75. The Hall–Kier alpha value is -1.30. The van der Waals surface area contributed by atoms with Crippen molar-refractivity contribution in [3.05, 3.63) is 0 Å². The van der Waals surface area contributed by atoms with Gasteiger partial charge in [-0.25, -0.2) is 4.79 Å². The van der Waals surface area contributed by atoms with Crippen LogP contribution in [0.1, 0.15) is 19.8 Å². The molecule has 1 atom stereocenters. The molecule has 2 saturated heterocycles. The standard InChI is InChI=1S/C13H23N3O3/c1-2-19-12(17)11-4-3-6-15(10-11)8-9-16-7-5-14-13(16)18/h11H,2-10H2,1H3,(H,14,18)/t11-/m1/s1. The van der Waals surface area contributed by atoms with Crippen LogP contribution in [0.3, 0.4) is 0 Å². The molecule has 0 saturated carbocycles. The third-order valence-electron chi connectivity index (χ3n) is 3.76. The van der Waals surface area contributed by atoms with Gasteiger partial charge in [-0.2, -0.15) is 0 Å². The van der Waals surface area contributed by atoms with E-state index in [0.717, 1.165) is 52.1 Å². The molecule has 0 spiro atoms. The van der Waals surface area contributed by atoms with Crippen LogP contribution in [0.2, 0.25) is 0 Å². The van der Waals surface area contributed by atoms with Gasteiger partial charge in [0.1, 0.15) is 0 Å². The van der Waals surface area contributed by atoms with Crippen LogP contribution in [0.25, 0.3) is 0 Å². The largest absolute Gasteiger partial charge is 0.466 e. The van der Waals surface area contributed by atoms with Gasteiger partial charge in [0.25, 0.3) is 0 Å². The number of amides is 2. The molecular formula is C13H23N3O3. The fourth-order valence-electron chi connectivity index (χ4n) is 2.70. The molecule has 6 heteroatoms. The number of nitrogens with one attached hydrogen (secondary N) is 1. The number of urea groups is 1. The summed E-state index contributed by atoms with van der Waals surface area (Å²) >= 11 is 0. The number of rotatable bonds is 5. The molecule has 2 amide bonds. The predicted octanol–water partition coefficient (Wildman–Crippen LogP) is 0.287. The second-order valence-electron chi connectivity index (χ2n) is 5.11. The normalized spacial score (nSPS) is 24.4. The molecule has 0 aromatic carbocycles. The Labute approximate surface area is 114 Å². The molecule has 0 aromatic rings.